The largest absolute Gasteiger partial charge is 0.395 e. The molecule has 23 heavy (non-hydrogen) atoms. The summed E-state index contributed by atoms with van der Waals surface area (Å²) in [6.45, 7) is 3.42. The van der Waals surface area contributed by atoms with Gasteiger partial charge in [0.25, 0.3) is 0 Å². The summed E-state index contributed by atoms with van der Waals surface area (Å²) in [5, 5.41) is 12.1. The molecule has 2 N–H and O–H groups in total. The van der Waals surface area contributed by atoms with Crippen molar-refractivity contribution >= 4 is 6.03 Å². The molecule has 2 rings (SSSR count). The second kappa shape index (κ2) is 8.96. The van der Waals surface area contributed by atoms with Crippen molar-refractivity contribution in [1.82, 2.24) is 10.2 Å². The van der Waals surface area contributed by atoms with Crippen molar-refractivity contribution in [2.24, 2.45) is 0 Å². The summed E-state index contributed by atoms with van der Waals surface area (Å²) in [4.78, 5) is 13.9. The number of carbonyl (C=O) groups is 1. The molecule has 2 aromatic rings. The third-order valence-electron chi connectivity index (χ3n) is 3.65. The minimum Gasteiger partial charge on any atom is -0.395 e. The molecule has 122 valence electrons. The maximum Gasteiger partial charge on any atom is 0.317 e. The summed E-state index contributed by atoms with van der Waals surface area (Å²) in [5.74, 6) is 0. The summed E-state index contributed by atoms with van der Waals surface area (Å²) in [7, 11) is 0. The number of aryl methyl sites for hydroxylation is 1. The molecule has 4 nitrogen and oxygen atoms in total. The van der Waals surface area contributed by atoms with Crippen molar-refractivity contribution < 1.29 is 9.90 Å². The Hall–Kier alpha value is -2.33. The van der Waals surface area contributed by atoms with Crippen LogP contribution in [0.4, 0.5) is 4.79 Å². The van der Waals surface area contributed by atoms with Crippen LogP contribution in [-0.2, 0) is 13.0 Å². The smallest absolute Gasteiger partial charge is 0.317 e. The summed E-state index contributed by atoms with van der Waals surface area (Å²) in [5.41, 5.74) is 3.48. The first-order valence-electron chi connectivity index (χ1n) is 7.92. The van der Waals surface area contributed by atoms with Gasteiger partial charge in [-0.05, 0) is 24.5 Å². The molecule has 0 bridgehead atoms. The lowest BCUT2D eigenvalue weighted by Crippen LogP contribution is -2.41. The molecule has 0 aliphatic heterocycles. The van der Waals surface area contributed by atoms with Crippen LogP contribution < -0.4 is 5.32 Å². The van der Waals surface area contributed by atoms with Gasteiger partial charge in [0.1, 0.15) is 0 Å². The van der Waals surface area contributed by atoms with Crippen LogP contribution >= 0.6 is 0 Å². The maximum absolute atomic E-state index is 12.3. The van der Waals surface area contributed by atoms with E-state index in [-0.39, 0.29) is 12.6 Å². The number of hydrogen-bond donors (Lipinski definition) is 2. The Labute approximate surface area is 137 Å². The number of carbonyl (C=O) groups excluding carboxylic acids is 1. The Morgan fingerprint density at radius 2 is 1.83 bits per heavy atom. The fourth-order valence-electron chi connectivity index (χ4n) is 2.47. The highest BCUT2D eigenvalue weighted by molar-refractivity contribution is 5.74. The zero-order chi connectivity index (χ0) is 16.5. The molecule has 2 aromatic carbocycles. The quantitative estimate of drug-likeness (QED) is 0.826. The van der Waals surface area contributed by atoms with E-state index >= 15 is 0 Å². The maximum atomic E-state index is 12.3. The zero-order valence-corrected chi connectivity index (χ0v) is 13.5. The van der Waals surface area contributed by atoms with Gasteiger partial charge in [0.2, 0.25) is 0 Å². The SMILES string of the molecule is Cc1cccc(CCNC(=O)N(CCO)Cc2ccccc2)c1. The van der Waals surface area contributed by atoms with Gasteiger partial charge in [-0.2, -0.15) is 0 Å². The highest BCUT2D eigenvalue weighted by Gasteiger charge is 2.12. The Balaban J connectivity index is 1.85. The van der Waals surface area contributed by atoms with Crippen molar-refractivity contribution in [2.75, 3.05) is 19.7 Å². The Bertz CT molecular complexity index is 614. The molecular weight excluding hydrogens is 288 g/mol. The van der Waals surface area contributed by atoms with E-state index in [0.717, 1.165) is 12.0 Å². The van der Waals surface area contributed by atoms with Crippen molar-refractivity contribution in [3.8, 4) is 0 Å². The normalized spacial score (nSPS) is 10.3. The highest BCUT2D eigenvalue weighted by Crippen LogP contribution is 2.06. The van der Waals surface area contributed by atoms with E-state index in [9.17, 15) is 9.90 Å². The van der Waals surface area contributed by atoms with Crippen LogP contribution in [0, 0.1) is 6.92 Å². The predicted octanol–water partition coefficient (Wildman–Crippen LogP) is 2.74. The molecule has 0 fully saturated rings. The van der Waals surface area contributed by atoms with Crippen LogP contribution in [0.2, 0.25) is 0 Å². The van der Waals surface area contributed by atoms with Gasteiger partial charge in [-0.3, -0.25) is 0 Å². The molecule has 0 saturated heterocycles. The van der Waals surface area contributed by atoms with Crippen LogP contribution in [0.1, 0.15) is 16.7 Å². The lowest BCUT2D eigenvalue weighted by Gasteiger charge is -2.22. The first kappa shape index (κ1) is 17.0. The molecule has 0 aliphatic carbocycles. The number of hydrogen-bond acceptors (Lipinski definition) is 2. The van der Waals surface area contributed by atoms with Crippen LogP contribution in [0.25, 0.3) is 0 Å². The van der Waals surface area contributed by atoms with Gasteiger partial charge < -0.3 is 15.3 Å². The van der Waals surface area contributed by atoms with Gasteiger partial charge in [-0.15, -0.1) is 0 Å². The third kappa shape index (κ3) is 5.75. The average molecular weight is 312 g/mol. The summed E-state index contributed by atoms with van der Waals surface area (Å²) in [6.07, 6.45) is 0.797. The molecule has 0 radical (unpaired) electrons. The van der Waals surface area contributed by atoms with E-state index < -0.39 is 0 Å². The highest BCUT2D eigenvalue weighted by atomic mass is 16.3. The average Bonchev–Trinajstić information content (AvgIpc) is 2.55. The number of amides is 2. The van der Waals surface area contributed by atoms with Gasteiger partial charge >= 0.3 is 6.03 Å². The second-order valence-corrected chi connectivity index (χ2v) is 5.60. The number of nitrogens with zero attached hydrogens (tertiary/aromatic N) is 1. The zero-order valence-electron chi connectivity index (χ0n) is 13.5. The lowest BCUT2D eigenvalue weighted by molar-refractivity contribution is 0.174. The first-order valence-corrected chi connectivity index (χ1v) is 7.92. The van der Waals surface area contributed by atoms with Gasteiger partial charge in [-0.1, -0.05) is 60.2 Å². The van der Waals surface area contributed by atoms with Crippen LogP contribution in [0.5, 0.6) is 0 Å². The fourth-order valence-corrected chi connectivity index (χ4v) is 2.47. The van der Waals surface area contributed by atoms with Crippen molar-refractivity contribution in [3.05, 3.63) is 71.3 Å². The van der Waals surface area contributed by atoms with Gasteiger partial charge in [0.15, 0.2) is 0 Å². The van der Waals surface area contributed by atoms with Gasteiger partial charge in [0, 0.05) is 19.6 Å². The number of nitrogens with one attached hydrogen (secondary N) is 1. The molecule has 0 heterocycles. The standard InChI is InChI=1S/C19H24N2O2/c1-16-6-5-9-17(14-16)10-11-20-19(23)21(12-13-22)15-18-7-3-2-4-8-18/h2-9,14,22H,10-13,15H2,1H3,(H,20,23). The molecule has 4 heteroatoms. The molecular formula is C19H24N2O2. The Morgan fingerprint density at radius 3 is 2.52 bits per heavy atom. The number of rotatable bonds is 7. The van der Waals surface area contributed by atoms with Crippen LogP contribution in [-0.4, -0.2) is 35.7 Å². The van der Waals surface area contributed by atoms with E-state index in [0.29, 0.717) is 19.6 Å². The van der Waals surface area contributed by atoms with E-state index in [4.69, 9.17) is 0 Å². The second-order valence-electron chi connectivity index (χ2n) is 5.60. The number of urea groups is 1. The van der Waals surface area contributed by atoms with Crippen molar-refractivity contribution in [1.29, 1.82) is 0 Å². The number of benzene rings is 2. The van der Waals surface area contributed by atoms with E-state index in [1.165, 1.54) is 11.1 Å². The summed E-state index contributed by atoms with van der Waals surface area (Å²) >= 11 is 0. The Kier molecular flexibility index (Phi) is 6.63. The van der Waals surface area contributed by atoms with Crippen LogP contribution in [0.3, 0.4) is 0 Å². The predicted molar refractivity (Wildman–Crippen MR) is 92.2 cm³/mol. The third-order valence-corrected chi connectivity index (χ3v) is 3.65. The molecule has 0 aliphatic rings. The molecule has 0 saturated carbocycles. The van der Waals surface area contributed by atoms with Gasteiger partial charge in [0.05, 0.1) is 6.61 Å². The van der Waals surface area contributed by atoms with E-state index in [1.807, 2.05) is 36.4 Å². The number of aliphatic hydroxyl groups excluding tert-OH is 1. The summed E-state index contributed by atoms with van der Waals surface area (Å²) in [6, 6.07) is 17.9. The topological polar surface area (TPSA) is 52.6 Å². The van der Waals surface area contributed by atoms with E-state index in [2.05, 4.69) is 30.4 Å². The van der Waals surface area contributed by atoms with E-state index in [1.54, 1.807) is 4.90 Å². The molecule has 0 atom stereocenters. The fraction of sp³-hybridized carbons (Fsp3) is 0.316. The molecule has 2 amide bonds. The Morgan fingerprint density at radius 1 is 1.09 bits per heavy atom. The van der Waals surface area contributed by atoms with Crippen LogP contribution in [0.15, 0.2) is 54.6 Å². The molecule has 0 unspecified atom stereocenters. The minimum absolute atomic E-state index is 0.0435. The van der Waals surface area contributed by atoms with Crippen molar-refractivity contribution in [3.63, 3.8) is 0 Å². The monoisotopic (exact) mass is 312 g/mol. The molecule has 0 spiro atoms. The molecule has 0 aromatic heterocycles. The summed E-state index contributed by atoms with van der Waals surface area (Å²) < 4.78 is 0. The first-order chi connectivity index (χ1) is 11.2. The minimum atomic E-state index is -0.143. The lowest BCUT2D eigenvalue weighted by atomic mass is 10.1. The van der Waals surface area contributed by atoms with Crippen molar-refractivity contribution in [2.45, 2.75) is 19.9 Å². The number of aliphatic hydroxyl groups is 1. The van der Waals surface area contributed by atoms with Gasteiger partial charge in [-0.25, -0.2) is 4.79 Å².